The fraction of sp³-hybridized carbons (Fsp3) is 0.414. The Morgan fingerprint density at radius 2 is 1.86 bits per heavy atom. The Balaban J connectivity index is 1.33. The molecule has 2 aromatic carbocycles. The van der Waals surface area contributed by atoms with Crippen molar-refractivity contribution in [1.82, 2.24) is 15.3 Å². The highest BCUT2D eigenvalue weighted by molar-refractivity contribution is 7.80. The Morgan fingerprint density at radius 3 is 2.62 bits per heavy atom. The van der Waals surface area contributed by atoms with E-state index < -0.39 is 0 Å². The second-order valence-electron chi connectivity index (χ2n) is 10.1. The number of benzene rings is 2. The first kappa shape index (κ1) is 25.7. The highest BCUT2D eigenvalue weighted by Gasteiger charge is 2.35. The Labute approximate surface area is 229 Å². The van der Waals surface area contributed by atoms with E-state index in [2.05, 4.69) is 39.6 Å². The topological polar surface area (TPSA) is 62.3 Å². The number of nitrogens with zero attached hydrogens (tertiary/aromatic N) is 3. The van der Waals surface area contributed by atoms with E-state index in [9.17, 15) is 0 Å². The number of piperidine rings is 1. The van der Waals surface area contributed by atoms with Crippen molar-refractivity contribution >= 4 is 40.7 Å². The molecule has 1 atom stereocenters. The third kappa shape index (κ3) is 6.33. The van der Waals surface area contributed by atoms with Gasteiger partial charge in [0.1, 0.15) is 11.6 Å². The molecule has 194 valence electrons. The number of hydrogen-bond acceptors (Lipinski definition) is 5. The lowest BCUT2D eigenvalue weighted by Gasteiger charge is -2.34. The van der Waals surface area contributed by atoms with Crippen LogP contribution >= 0.6 is 23.8 Å². The number of hydrogen-bond donors (Lipinski definition) is 2. The normalized spacial score (nSPS) is 18.9. The molecule has 3 aromatic rings. The predicted octanol–water partition coefficient (Wildman–Crippen LogP) is 7.10. The molecule has 2 fully saturated rings. The van der Waals surface area contributed by atoms with E-state index in [-0.39, 0.29) is 5.41 Å². The van der Waals surface area contributed by atoms with Crippen molar-refractivity contribution in [3.05, 3.63) is 71.2 Å². The second-order valence-corrected chi connectivity index (χ2v) is 11.0. The summed E-state index contributed by atoms with van der Waals surface area (Å²) in [6.45, 7) is 3.94. The maximum atomic E-state index is 6.33. The lowest BCUT2D eigenvalue weighted by atomic mass is 9.79. The van der Waals surface area contributed by atoms with E-state index in [0.717, 1.165) is 55.4 Å². The summed E-state index contributed by atoms with van der Waals surface area (Å²) in [7, 11) is 0. The van der Waals surface area contributed by atoms with Gasteiger partial charge in [-0.15, -0.1) is 0 Å². The van der Waals surface area contributed by atoms with Gasteiger partial charge in [-0.3, -0.25) is 0 Å². The molecule has 2 heterocycles. The first-order valence-electron chi connectivity index (χ1n) is 13.2. The molecule has 0 spiro atoms. The Morgan fingerprint density at radius 1 is 1.05 bits per heavy atom. The summed E-state index contributed by atoms with van der Waals surface area (Å²) in [5.41, 5.74) is 1.29. The largest absolute Gasteiger partial charge is 0.439 e. The average Bonchev–Trinajstić information content (AvgIpc) is 3.39. The molecular formula is C29H34ClN5OS. The molecule has 37 heavy (non-hydrogen) atoms. The van der Waals surface area contributed by atoms with Crippen LogP contribution in [0.5, 0.6) is 11.6 Å². The standard InChI is InChI=1S/C29H34ClN5OS/c1-21-10-5-8-17-35(21)25-19-26(36-24-13-3-2-4-14-24)33-27(32-25)34-28(37)31-20-29(15-6-7-16-29)22-11-9-12-23(30)18-22/h2-4,9,11-14,18-19,21H,5-8,10,15-17,20H2,1H3,(H2,31,32,33,34,37)/t21-/m0/s1. The van der Waals surface area contributed by atoms with Gasteiger partial charge in [0.2, 0.25) is 11.8 Å². The number of halogens is 1. The molecule has 8 heteroatoms. The van der Waals surface area contributed by atoms with Crippen molar-refractivity contribution in [2.75, 3.05) is 23.3 Å². The first-order valence-corrected chi connectivity index (χ1v) is 14.0. The number of ether oxygens (including phenoxy) is 1. The molecule has 2 N–H and O–H groups in total. The van der Waals surface area contributed by atoms with Crippen LogP contribution in [0.4, 0.5) is 11.8 Å². The number of para-hydroxylation sites is 1. The molecule has 1 aromatic heterocycles. The smallest absolute Gasteiger partial charge is 0.234 e. The fourth-order valence-corrected chi connectivity index (χ4v) is 5.90. The molecule has 0 bridgehead atoms. The maximum absolute atomic E-state index is 6.33. The Kier molecular flexibility index (Phi) is 8.11. The van der Waals surface area contributed by atoms with Gasteiger partial charge in [-0.05, 0) is 81.1 Å². The minimum atomic E-state index is 0.0180. The van der Waals surface area contributed by atoms with Crippen molar-refractivity contribution in [1.29, 1.82) is 0 Å². The van der Waals surface area contributed by atoms with Crippen molar-refractivity contribution in [2.24, 2.45) is 0 Å². The minimum Gasteiger partial charge on any atom is -0.439 e. The molecule has 0 radical (unpaired) electrons. The number of rotatable bonds is 7. The zero-order valence-corrected chi connectivity index (χ0v) is 22.8. The van der Waals surface area contributed by atoms with Gasteiger partial charge in [0, 0.05) is 35.6 Å². The number of thiocarbonyl (C=S) groups is 1. The second kappa shape index (κ2) is 11.7. The van der Waals surface area contributed by atoms with Gasteiger partial charge in [0.05, 0.1) is 0 Å². The lowest BCUT2D eigenvalue weighted by molar-refractivity contribution is 0.435. The van der Waals surface area contributed by atoms with Gasteiger partial charge < -0.3 is 20.3 Å². The van der Waals surface area contributed by atoms with Crippen molar-refractivity contribution in [2.45, 2.75) is 63.3 Å². The summed E-state index contributed by atoms with van der Waals surface area (Å²) < 4.78 is 6.10. The van der Waals surface area contributed by atoms with Crippen LogP contribution in [-0.4, -0.2) is 34.2 Å². The molecule has 1 aliphatic carbocycles. The monoisotopic (exact) mass is 535 g/mol. The zero-order chi connectivity index (χ0) is 25.7. The molecule has 0 unspecified atom stereocenters. The molecule has 6 nitrogen and oxygen atoms in total. The van der Waals surface area contributed by atoms with Crippen LogP contribution in [0.3, 0.4) is 0 Å². The van der Waals surface area contributed by atoms with E-state index in [1.165, 1.54) is 24.8 Å². The van der Waals surface area contributed by atoms with Gasteiger partial charge in [-0.25, -0.2) is 0 Å². The number of anilines is 2. The van der Waals surface area contributed by atoms with E-state index in [4.69, 9.17) is 33.5 Å². The van der Waals surface area contributed by atoms with E-state index >= 15 is 0 Å². The van der Waals surface area contributed by atoms with E-state index in [0.29, 0.717) is 23.0 Å². The summed E-state index contributed by atoms with van der Waals surface area (Å²) in [4.78, 5) is 11.8. The van der Waals surface area contributed by atoms with Gasteiger partial charge in [0.15, 0.2) is 5.11 Å². The van der Waals surface area contributed by atoms with Crippen LogP contribution < -0.4 is 20.3 Å². The van der Waals surface area contributed by atoms with Crippen LogP contribution in [0.15, 0.2) is 60.7 Å². The van der Waals surface area contributed by atoms with Crippen molar-refractivity contribution in [3.63, 3.8) is 0 Å². The first-order chi connectivity index (χ1) is 18.0. The van der Waals surface area contributed by atoms with Crippen molar-refractivity contribution in [3.8, 4) is 11.6 Å². The summed E-state index contributed by atoms with van der Waals surface area (Å²) in [5.74, 6) is 2.51. The van der Waals surface area contributed by atoms with Crippen LogP contribution in [0.2, 0.25) is 5.02 Å². The van der Waals surface area contributed by atoms with Gasteiger partial charge >= 0.3 is 0 Å². The third-order valence-electron chi connectivity index (χ3n) is 7.56. The predicted molar refractivity (Wildman–Crippen MR) is 155 cm³/mol. The van der Waals surface area contributed by atoms with Gasteiger partial charge in [-0.2, -0.15) is 9.97 Å². The van der Waals surface area contributed by atoms with E-state index in [1.54, 1.807) is 0 Å². The van der Waals surface area contributed by atoms with Gasteiger partial charge in [-0.1, -0.05) is 54.8 Å². The fourth-order valence-electron chi connectivity index (χ4n) is 5.55. The molecule has 1 aliphatic heterocycles. The summed E-state index contributed by atoms with van der Waals surface area (Å²) in [6.07, 6.45) is 8.16. The molecule has 1 saturated heterocycles. The summed E-state index contributed by atoms with van der Waals surface area (Å²) in [6, 6.07) is 20.2. The van der Waals surface area contributed by atoms with Crippen LogP contribution in [0.25, 0.3) is 0 Å². The third-order valence-corrected chi connectivity index (χ3v) is 8.04. The average molecular weight is 536 g/mol. The molecule has 0 amide bonds. The molecular weight excluding hydrogens is 502 g/mol. The highest BCUT2D eigenvalue weighted by atomic mass is 35.5. The van der Waals surface area contributed by atoms with E-state index in [1.807, 2.05) is 48.5 Å². The molecule has 5 rings (SSSR count). The van der Waals surface area contributed by atoms with Crippen LogP contribution in [-0.2, 0) is 5.41 Å². The molecule has 2 aliphatic rings. The Hall–Kier alpha value is -2.90. The SMILES string of the molecule is C[C@H]1CCCCN1c1cc(Oc2ccccc2)nc(NC(=S)NCC2(c3cccc(Cl)c3)CCCC2)n1. The number of aromatic nitrogens is 2. The van der Waals surface area contributed by atoms with Gasteiger partial charge in [0.25, 0.3) is 0 Å². The zero-order valence-electron chi connectivity index (χ0n) is 21.3. The molecule has 1 saturated carbocycles. The Bertz CT molecular complexity index is 1220. The lowest BCUT2D eigenvalue weighted by Crippen LogP contribution is -2.41. The minimum absolute atomic E-state index is 0.0180. The van der Waals surface area contributed by atoms with Crippen molar-refractivity contribution < 1.29 is 4.74 Å². The summed E-state index contributed by atoms with van der Waals surface area (Å²) >= 11 is 12.0. The van der Waals surface area contributed by atoms with Crippen LogP contribution in [0.1, 0.15) is 57.4 Å². The summed E-state index contributed by atoms with van der Waals surface area (Å²) in [5, 5.41) is 7.96. The van der Waals surface area contributed by atoms with Crippen LogP contribution in [0, 0.1) is 0 Å². The maximum Gasteiger partial charge on any atom is 0.234 e. The quantitative estimate of drug-likeness (QED) is 0.313. The highest BCUT2D eigenvalue weighted by Crippen LogP contribution is 2.41. The number of nitrogens with one attached hydrogen (secondary N) is 2.